The maximum atomic E-state index is 13.5. The van der Waals surface area contributed by atoms with E-state index in [4.69, 9.17) is 0 Å². The molecule has 1 aliphatic carbocycles. The van der Waals surface area contributed by atoms with Crippen LogP contribution in [-0.4, -0.2) is 18.3 Å². The number of carbonyl (C=O) groups is 1. The zero-order valence-electron chi connectivity index (χ0n) is 14.2. The summed E-state index contributed by atoms with van der Waals surface area (Å²) in [5.41, 5.74) is 2.78. The molecular weight excluding hydrogens is 396 g/mol. The lowest BCUT2D eigenvalue weighted by Gasteiger charge is -2.21. The summed E-state index contributed by atoms with van der Waals surface area (Å²) in [6, 6.07) is 16.7. The van der Waals surface area contributed by atoms with Gasteiger partial charge in [0.25, 0.3) is 0 Å². The van der Waals surface area contributed by atoms with Gasteiger partial charge >= 0.3 is 0 Å². The molecule has 128 valence electrons. The Morgan fingerprint density at radius 3 is 1.85 bits per heavy atom. The molecule has 0 N–H and O–H groups in total. The van der Waals surface area contributed by atoms with Crippen LogP contribution in [0.2, 0.25) is 0 Å². The van der Waals surface area contributed by atoms with Crippen molar-refractivity contribution in [1.82, 2.24) is 0 Å². The van der Waals surface area contributed by atoms with Crippen LogP contribution in [0, 0.1) is 0 Å². The highest BCUT2D eigenvalue weighted by molar-refractivity contribution is 8.40. The highest BCUT2D eigenvalue weighted by Crippen LogP contribution is 2.59. The van der Waals surface area contributed by atoms with Crippen LogP contribution in [0.1, 0.15) is 15.9 Å². The minimum absolute atomic E-state index is 0.152. The van der Waals surface area contributed by atoms with Gasteiger partial charge in [-0.2, -0.15) is 0 Å². The fraction of sp³-hybridized carbons (Fsp3) is 0.0952. The smallest absolute Gasteiger partial charge is 0.195 e. The Labute approximate surface area is 169 Å². The lowest BCUT2D eigenvalue weighted by atomic mass is 9.83. The van der Waals surface area contributed by atoms with Gasteiger partial charge in [-0.15, -0.1) is 23.5 Å². The molecule has 1 nitrogen and oxygen atoms in total. The van der Waals surface area contributed by atoms with E-state index in [1.165, 1.54) is 19.2 Å². The highest BCUT2D eigenvalue weighted by Gasteiger charge is 2.32. The fourth-order valence-corrected chi connectivity index (χ4v) is 8.73. The zero-order valence-corrected chi connectivity index (χ0v) is 17.4. The SMILES string of the molecule is CSC1=C(SC)SC(=C2C(=O)c3cccc4ccc5cccc2c5c34)S1. The van der Waals surface area contributed by atoms with Crippen molar-refractivity contribution in [3.8, 4) is 0 Å². The minimum Gasteiger partial charge on any atom is -0.289 e. The third-order valence-electron chi connectivity index (χ3n) is 4.74. The largest absolute Gasteiger partial charge is 0.289 e. The molecule has 2 aliphatic rings. The molecular formula is C21H14OS4. The average molecular weight is 411 g/mol. The van der Waals surface area contributed by atoms with Gasteiger partial charge < -0.3 is 0 Å². The molecule has 3 aromatic rings. The molecule has 0 amide bonds. The molecule has 5 heteroatoms. The molecule has 0 atom stereocenters. The Kier molecular flexibility index (Phi) is 4.16. The second kappa shape index (κ2) is 6.41. The van der Waals surface area contributed by atoms with Crippen LogP contribution in [0.5, 0.6) is 0 Å². The summed E-state index contributed by atoms with van der Waals surface area (Å²) in [5.74, 6) is 0.152. The van der Waals surface area contributed by atoms with Gasteiger partial charge in [0.1, 0.15) is 0 Å². The third-order valence-corrected chi connectivity index (χ3v) is 9.96. The van der Waals surface area contributed by atoms with Crippen molar-refractivity contribution >= 4 is 79.9 Å². The molecule has 5 rings (SSSR count). The van der Waals surface area contributed by atoms with Crippen LogP contribution in [0.3, 0.4) is 0 Å². The molecule has 0 radical (unpaired) electrons. The first kappa shape index (κ1) is 16.9. The predicted molar refractivity (Wildman–Crippen MR) is 122 cm³/mol. The number of Topliss-reactive ketones (excluding diaryl/α,β-unsaturated/α-hetero) is 1. The number of hydrogen-bond donors (Lipinski definition) is 0. The normalized spacial score (nSPS) is 16.6. The van der Waals surface area contributed by atoms with Gasteiger partial charge in [0, 0.05) is 10.9 Å². The molecule has 0 fully saturated rings. The number of ketones is 1. The summed E-state index contributed by atoms with van der Waals surface area (Å²) >= 11 is 7.01. The van der Waals surface area contributed by atoms with Gasteiger partial charge in [0.15, 0.2) is 5.78 Å². The summed E-state index contributed by atoms with van der Waals surface area (Å²) in [6.07, 6.45) is 4.21. The lowest BCUT2D eigenvalue weighted by molar-refractivity contribution is 0.105. The van der Waals surface area contributed by atoms with Gasteiger partial charge in [0.2, 0.25) is 0 Å². The summed E-state index contributed by atoms with van der Waals surface area (Å²) in [4.78, 5) is 13.5. The number of carbonyl (C=O) groups excluding carboxylic acids is 1. The van der Waals surface area contributed by atoms with E-state index in [-0.39, 0.29) is 5.78 Å². The summed E-state index contributed by atoms with van der Waals surface area (Å²) in [7, 11) is 0. The van der Waals surface area contributed by atoms with Crippen molar-refractivity contribution in [2.45, 2.75) is 0 Å². The van der Waals surface area contributed by atoms with Crippen molar-refractivity contribution in [3.63, 3.8) is 0 Å². The van der Waals surface area contributed by atoms with E-state index in [0.717, 1.165) is 31.7 Å². The van der Waals surface area contributed by atoms with E-state index in [2.05, 4.69) is 48.9 Å². The van der Waals surface area contributed by atoms with Crippen LogP contribution in [0.15, 0.2) is 61.2 Å². The molecule has 0 spiro atoms. The van der Waals surface area contributed by atoms with E-state index in [1.54, 1.807) is 47.0 Å². The Balaban J connectivity index is 1.86. The number of hydrogen-bond acceptors (Lipinski definition) is 5. The molecule has 0 unspecified atom stereocenters. The Morgan fingerprint density at radius 1 is 0.731 bits per heavy atom. The maximum absolute atomic E-state index is 13.5. The number of thioether (sulfide) groups is 4. The molecule has 0 saturated heterocycles. The van der Waals surface area contributed by atoms with Crippen molar-refractivity contribution in [2.75, 3.05) is 12.5 Å². The third kappa shape index (κ3) is 2.34. The number of allylic oxidation sites excluding steroid dienone is 1. The van der Waals surface area contributed by atoms with Crippen LogP contribution in [0.25, 0.3) is 27.1 Å². The molecule has 3 aromatic carbocycles. The second-order valence-corrected chi connectivity index (χ2v) is 10.5. The van der Waals surface area contributed by atoms with E-state index >= 15 is 0 Å². The van der Waals surface area contributed by atoms with Crippen LogP contribution < -0.4 is 0 Å². The minimum atomic E-state index is 0.152. The van der Waals surface area contributed by atoms with E-state index < -0.39 is 0 Å². The molecule has 1 aliphatic heterocycles. The first-order valence-electron chi connectivity index (χ1n) is 8.14. The monoisotopic (exact) mass is 410 g/mol. The van der Waals surface area contributed by atoms with Gasteiger partial charge in [-0.25, -0.2) is 0 Å². The summed E-state index contributed by atoms with van der Waals surface area (Å²) in [5, 5.41) is 4.65. The molecule has 26 heavy (non-hydrogen) atoms. The van der Waals surface area contributed by atoms with Crippen LogP contribution in [0.4, 0.5) is 0 Å². The van der Waals surface area contributed by atoms with Gasteiger partial charge in [-0.3, -0.25) is 4.79 Å². The highest BCUT2D eigenvalue weighted by atomic mass is 32.3. The first-order chi connectivity index (χ1) is 12.7. The summed E-state index contributed by atoms with van der Waals surface area (Å²) < 4.78 is 3.70. The maximum Gasteiger partial charge on any atom is 0.195 e. The number of rotatable bonds is 2. The van der Waals surface area contributed by atoms with Gasteiger partial charge in [-0.1, -0.05) is 72.1 Å². The quantitative estimate of drug-likeness (QED) is 0.327. The average Bonchev–Trinajstić information content (AvgIpc) is 3.10. The van der Waals surface area contributed by atoms with E-state index in [0.29, 0.717) is 0 Å². The Hall–Kier alpha value is -1.27. The molecule has 0 bridgehead atoms. The van der Waals surface area contributed by atoms with Crippen molar-refractivity contribution in [2.24, 2.45) is 0 Å². The Bertz CT molecular complexity index is 1160. The topological polar surface area (TPSA) is 17.1 Å². The zero-order chi connectivity index (χ0) is 17.8. The molecule has 0 saturated carbocycles. The van der Waals surface area contributed by atoms with Crippen LogP contribution >= 0.6 is 47.0 Å². The van der Waals surface area contributed by atoms with Crippen molar-refractivity contribution in [1.29, 1.82) is 0 Å². The fourth-order valence-electron chi connectivity index (χ4n) is 3.64. The van der Waals surface area contributed by atoms with Crippen LogP contribution in [-0.2, 0) is 0 Å². The summed E-state index contributed by atoms with van der Waals surface area (Å²) in [6.45, 7) is 0. The first-order valence-corrected chi connectivity index (χ1v) is 12.2. The van der Waals surface area contributed by atoms with Crippen molar-refractivity contribution < 1.29 is 4.79 Å². The predicted octanol–water partition coefficient (Wildman–Crippen LogP) is 7.19. The van der Waals surface area contributed by atoms with Gasteiger partial charge in [0.05, 0.1) is 18.3 Å². The lowest BCUT2D eigenvalue weighted by Crippen LogP contribution is -2.10. The second-order valence-electron chi connectivity index (χ2n) is 6.05. The molecule has 0 aromatic heterocycles. The Morgan fingerprint density at radius 2 is 1.27 bits per heavy atom. The van der Waals surface area contributed by atoms with Crippen molar-refractivity contribution in [3.05, 3.63) is 72.4 Å². The van der Waals surface area contributed by atoms with E-state index in [1.807, 2.05) is 12.1 Å². The standard InChI is InChI=1S/C21H14OS4/c1-23-20-21(24-2)26-19(25-20)17-13-7-3-5-11-9-10-12-6-4-8-14(18(17)22)16(12)15(11)13/h3-10H,1-2H3. The molecule has 1 heterocycles. The van der Waals surface area contributed by atoms with E-state index in [9.17, 15) is 4.79 Å². The number of benzene rings is 3. The van der Waals surface area contributed by atoms with Gasteiger partial charge in [-0.05, 0) is 34.2 Å².